The SMILES string of the molecule is CC(=O)N1CCC(n2ncc(Cl)c2C(=O)Nc2ncc(C#Cc3ccccc3)cc2C)[C@H](F)C1. The number of amides is 2. The van der Waals surface area contributed by atoms with Crippen molar-refractivity contribution in [3.63, 3.8) is 0 Å². The molecule has 1 N–H and O–H groups in total. The number of halogens is 2. The molecular formula is C25H23ClFN5O2. The van der Waals surface area contributed by atoms with Crippen molar-refractivity contribution in [2.24, 2.45) is 0 Å². The van der Waals surface area contributed by atoms with Crippen molar-refractivity contribution in [1.29, 1.82) is 0 Å². The molecule has 2 aromatic heterocycles. The van der Waals surface area contributed by atoms with E-state index < -0.39 is 18.1 Å². The fourth-order valence-electron chi connectivity index (χ4n) is 3.87. The number of hydrogen-bond acceptors (Lipinski definition) is 4. The summed E-state index contributed by atoms with van der Waals surface area (Å²) >= 11 is 6.25. The van der Waals surface area contributed by atoms with E-state index in [1.807, 2.05) is 43.3 Å². The summed E-state index contributed by atoms with van der Waals surface area (Å²) in [6, 6.07) is 10.7. The van der Waals surface area contributed by atoms with Crippen molar-refractivity contribution < 1.29 is 14.0 Å². The van der Waals surface area contributed by atoms with Crippen LogP contribution in [0.4, 0.5) is 10.2 Å². The van der Waals surface area contributed by atoms with Gasteiger partial charge in [-0.15, -0.1) is 0 Å². The van der Waals surface area contributed by atoms with E-state index in [0.29, 0.717) is 29.9 Å². The van der Waals surface area contributed by atoms with Gasteiger partial charge in [0.2, 0.25) is 5.91 Å². The number of piperidine rings is 1. The molecule has 1 saturated heterocycles. The average molecular weight is 480 g/mol. The number of carbonyl (C=O) groups is 2. The quantitative estimate of drug-likeness (QED) is 0.575. The van der Waals surface area contributed by atoms with Gasteiger partial charge < -0.3 is 10.2 Å². The van der Waals surface area contributed by atoms with Gasteiger partial charge in [-0.2, -0.15) is 5.10 Å². The van der Waals surface area contributed by atoms with E-state index >= 15 is 0 Å². The van der Waals surface area contributed by atoms with Crippen LogP contribution in [-0.2, 0) is 4.79 Å². The summed E-state index contributed by atoms with van der Waals surface area (Å²) in [7, 11) is 0. The molecule has 1 unspecified atom stereocenters. The minimum Gasteiger partial charge on any atom is -0.340 e. The highest BCUT2D eigenvalue weighted by molar-refractivity contribution is 6.34. The zero-order valence-corrected chi connectivity index (χ0v) is 19.5. The van der Waals surface area contributed by atoms with Crippen LogP contribution in [0, 0.1) is 18.8 Å². The Kier molecular flexibility index (Phi) is 6.94. The second kappa shape index (κ2) is 10.1. The van der Waals surface area contributed by atoms with Gasteiger partial charge in [-0.3, -0.25) is 14.3 Å². The van der Waals surface area contributed by atoms with Crippen molar-refractivity contribution in [2.75, 3.05) is 18.4 Å². The van der Waals surface area contributed by atoms with E-state index in [-0.39, 0.29) is 23.2 Å². The first-order valence-electron chi connectivity index (χ1n) is 10.8. The van der Waals surface area contributed by atoms with Gasteiger partial charge >= 0.3 is 0 Å². The Bertz CT molecular complexity index is 1280. The molecule has 1 aromatic carbocycles. The van der Waals surface area contributed by atoms with Crippen LogP contribution in [0.1, 0.15) is 46.6 Å². The molecule has 1 aliphatic heterocycles. The van der Waals surface area contributed by atoms with Gasteiger partial charge in [-0.25, -0.2) is 9.37 Å². The van der Waals surface area contributed by atoms with Crippen LogP contribution in [0.25, 0.3) is 0 Å². The van der Waals surface area contributed by atoms with Crippen molar-refractivity contribution in [2.45, 2.75) is 32.5 Å². The number of aromatic nitrogens is 3. The molecule has 9 heteroatoms. The smallest absolute Gasteiger partial charge is 0.276 e. The summed E-state index contributed by atoms with van der Waals surface area (Å²) in [6.45, 7) is 3.55. The molecule has 34 heavy (non-hydrogen) atoms. The van der Waals surface area contributed by atoms with Crippen LogP contribution < -0.4 is 5.32 Å². The van der Waals surface area contributed by atoms with Crippen LogP contribution in [0.3, 0.4) is 0 Å². The number of hydrogen-bond donors (Lipinski definition) is 1. The number of alkyl halides is 1. The number of aryl methyl sites for hydroxylation is 1. The standard InChI is InChI=1S/C25H23ClFN5O2/c1-16-12-19(9-8-18-6-4-3-5-7-18)13-28-24(16)30-25(34)23-20(26)14-29-32(23)22-10-11-31(17(2)33)15-21(22)27/h3-7,12-14,21-22H,10-11,15H2,1-2H3,(H,28,30,34)/t21-,22?/m1/s1. The molecule has 3 heterocycles. The number of nitrogens with one attached hydrogen (secondary N) is 1. The number of nitrogens with zero attached hydrogens (tertiary/aromatic N) is 4. The van der Waals surface area contributed by atoms with Crippen molar-refractivity contribution in [1.82, 2.24) is 19.7 Å². The predicted octanol–water partition coefficient (Wildman–Crippen LogP) is 4.02. The molecule has 7 nitrogen and oxygen atoms in total. The number of carbonyl (C=O) groups excluding carboxylic acids is 2. The van der Waals surface area contributed by atoms with Crippen LogP contribution >= 0.6 is 11.6 Å². The molecule has 1 aliphatic rings. The van der Waals surface area contributed by atoms with Crippen LogP contribution in [-0.4, -0.2) is 50.7 Å². The van der Waals surface area contributed by atoms with Gasteiger partial charge in [0.1, 0.15) is 17.7 Å². The van der Waals surface area contributed by atoms with E-state index in [1.54, 1.807) is 6.20 Å². The highest BCUT2D eigenvalue weighted by atomic mass is 35.5. The summed E-state index contributed by atoms with van der Waals surface area (Å²) in [5, 5.41) is 7.01. The summed E-state index contributed by atoms with van der Waals surface area (Å²) in [4.78, 5) is 30.4. The highest BCUT2D eigenvalue weighted by Gasteiger charge is 2.35. The van der Waals surface area contributed by atoms with Crippen molar-refractivity contribution in [3.05, 3.63) is 76.2 Å². The second-order valence-electron chi connectivity index (χ2n) is 8.08. The van der Waals surface area contributed by atoms with Crippen LogP contribution in [0.15, 0.2) is 48.8 Å². The maximum atomic E-state index is 14.9. The lowest BCUT2D eigenvalue weighted by atomic mass is 10.0. The summed E-state index contributed by atoms with van der Waals surface area (Å²) in [6.07, 6.45) is 1.85. The minimum atomic E-state index is -1.37. The van der Waals surface area contributed by atoms with Gasteiger partial charge in [0, 0.05) is 30.8 Å². The zero-order valence-electron chi connectivity index (χ0n) is 18.8. The average Bonchev–Trinajstić information content (AvgIpc) is 3.21. The van der Waals surface area contributed by atoms with Crippen molar-refractivity contribution >= 4 is 29.2 Å². The van der Waals surface area contributed by atoms with Crippen LogP contribution in [0.5, 0.6) is 0 Å². The topological polar surface area (TPSA) is 80.1 Å². The molecule has 174 valence electrons. The normalized spacial score (nSPS) is 17.6. The monoisotopic (exact) mass is 479 g/mol. The molecule has 0 radical (unpaired) electrons. The first kappa shape index (κ1) is 23.5. The Morgan fingerprint density at radius 3 is 2.59 bits per heavy atom. The van der Waals surface area contributed by atoms with Gasteiger partial charge in [0.05, 0.1) is 23.8 Å². The third-order valence-electron chi connectivity index (χ3n) is 5.67. The molecule has 3 aromatic rings. The van der Waals surface area contributed by atoms with E-state index in [9.17, 15) is 14.0 Å². The molecule has 0 saturated carbocycles. The van der Waals surface area contributed by atoms with Crippen LogP contribution in [0.2, 0.25) is 5.02 Å². The lowest BCUT2D eigenvalue weighted by Gasteiger charge is -2.34. The Balaban J connectivity index is 1.51. The van der Waals surface area contributed by atoms with E-state index in [2.05, 4.69) is 27.2 Å². The summed E-state index contributed by atoms with van der Waals surface area (Å²) in [5.41, 5.74) is 2.37. The first-order valence-corrected chi connectivity index (χ1v) is 11.2. The lowest BCUT2D eigenvalue weighted by Crippen LogP contribution is -2.45. The Morgan fingerprint density at radius 2 is 1.91 bits per heavy atom. The third-order valence-corrected chi connectivity index (χ3v) is 5.94. The minimum absolute atomic E-state index is 0.0509. The Morgan fingerprint density at radius 1 is 1.18 bits per heavy atom. The fourth-order valence-corrected chi connectivity index (χ4v) is 4.08. The number of anilines is 1. The molecular weight excluding hydrogens is 457 g/mol. The first-order chi connectivity index (χ1) is 16.3. The maximum Gasteiger partial charge on any atom is 0.276 e. The lowest BCUT2D eigenvalue weighted by molar-refractivity contribution is -0.131. The Labute approximate surface area is 201 Å². The van der Waals surface area contributed by atoms with Crippen molar-refractivity contribution in [3.8, 4) is 11.8 Å². The number of likely N-dealkylation sites (tertiary alicyclic amines) is 1. The van der Waals surface area contributed by atoms with Gasteiger partial charge in [-0.05, 0) is 37.1 Å². The molecule has 2 amide bonds. The van der Waals surface area contributed by atoms with E-state index in [1.165, 1.54) is 22.7 Å². The maximum absolute atomic E-state index is 14.9. The summed E-state index contributed by atoms with van der Waals surface area (Å²) in [5.74, 6) is 5.75. The number of rotatable bonds is 3. The number of pyridine rings is 1. The molecule has 1 fully saturated rings. The molecule has 4 rings (SSSR count). The van der Waals surface area contributed by atoms with Gasteiger partial charge in [0.25, 0.3) is 5.91 Å². The Hall–Kier alpha value is -3.70. The molecule has 2 atom stereocenters. The third kappa shape index (κ3) is 5.10. The van der Waals surface area contributed by atoms with E-state index in [0.717, 1.165) is 5.56 Å². The van der Waals surface area contributed by atoms with E-state index in [4.69, 9.17) is 11.6 Å². The summed E-state index contributed by atoms with van der Waals surface area (Å²) < 4.78 is 16.2. The number of benzene rings is 1. The molecule has 0 bridgehead atoms. The van der Waals surface area contributed by atoms with Gasteiger partial charge in [-0.1, -0.05) is 41.6 Å². The largest absolute Gasteiger partial charge is 0.340 e. The predicted molar refractivity (Wildman–Crippen MR) is 127 cm³/mol. The van der Waals surface area contributed by atoms with Gasteiger partial charge in [0.15, 0.2) is 0 Å². The zero-order chi connectivity index (χ0) is 24.2. The molecule has 0 aliphatic carbocycles. The fraction of sp³-hybridized carbons (Fsp3) is 0.280. The molecule has 0 spiro atoms. The second-order valence-corrected chi connectivity index (χ2v) is 8.49. The highest BCUT2D eigenvalue weighted by Crippen LogP contribution is 2.29.